The predicted molar refractivity (Wildman–Crippen MR) is 135 cm³/mol. The molecule has 0 bridgehead atoms. The Morgan fingerprint density at radius 1 is 0.586 bits per heavy atom. The first-order valence-corrected chi connectivity index (χ1v) is 9.35. The molecule has 3 rings (SSSR count). The third kappa shape index (κ3) is 10.6. The first-order chi connectivity index (χ1) is 13.5. The van der Waals surface area contributed by atoms with Crippen molar-refractivity contribution in [3.63, 3.8) is 0 Å². The van der Waals surface area contributed by atoms with Crippen LogP contribution in [0.5, 0.6) is 0 Å². The van der Waals surface area contributed by atoms with E-state index in [0.29, 0.717) is 0 Å². The lowest BCUT2D eigenvalue weighted by Gasteiger charge is -2.03. The van der Waals surface area contributed by atoms with E-state index < -0.39 is 0 Å². The lowest BCUT2D eigenvalue weighted by Crippen LogP contribution is -1.84. The molecule has 0 radical (unpaired) electrons. The second kappa shape index (κ2) is 14.8. The van der Waals surface area contributed by atoms with Gasteiger partial charge in [0.15, 0.2) is 0 Å². The topological polar surface area (TPSA) is 24.1 Å². The fraction of sp³-hybridized carbons (Fsp3) is 0.185. The Bertz CT molecular complexity index is 768. The quantitative estimate of drug-likeness (QED) is 0.475. The molecule has 0 saturated carbocycles. The predicted octanol–water partition coefficient (Wildman–Crippen LogP) is 7.85. The van der Waals surface area contributed by atoms with Gasteiger partial charge < -0.3 is 10.6 Å². The van der Waals surface area contributed by atoms with Crippen molar-refractivity contribution in [2.75, 3.05) is 24.7 Å². The highest BCUT2D eigenvalue weighted by Gasteiger charge is 1.95. The molecule has 0 unspecified atom stereocenters. The molecule has 0 aromatic heterocycles. The highest BCUT2D eigenvalue weighted by atomic mass is 14.8. The lowest BCUT2D eigenvalue weighted by atomic mass is 10.0. The van der Waals surface area contributed by atoms with Crippen LogP contribution in [0.2, 0.25) is 0 Å². The number of hydrogen-bond acceptors (Lipinski definition) is 2. The summed E-state index contributed by atoms with van der Waals surface area (Å²) >= 11 is 0. The molecular weight excluding hydrogens is 352 g/mol. The summed E-state index contributed by atoms with van der Waals surface area (Å²) in [5.74, 6) is 0. The molecule has 29 heavy (non-hydrogen) atoms. The number of nitrogens with one attached hydrogen (secondary N) is 2. The molecule has 0 aliphatic carbocycles. The smallest absolute Gasteiger partial charge is 0.0337 e. The van der Waals surface area contributed by atoms with Crippen molar-refractivity contribution in [3.05, 3.63) is 109 Å². The van der Waals surface area contributed by atoms with E-state index in [0.717, 1.165) is 22.5 Å². The largest absolute Gasteiger partial charge is 0.388 e. The van der Waals surface area contributed by atoms with Gasteiger partial charge in [0.25, 0.3) is 0 Å². The Labute approximate surface area is 178 Å². The molecule has 2 nitrogen and oxygen atoms in total. The molecule has 0 amide bonds. The molecule has 3 aromatic rings. The third-order valence-corrected chi connectivity index (χ3v) is 3.97. The standard InChI is InChI=1S/C12H14.2C7H9N.CH4/c1-9(2)11-6-5-7-12(8-11)10(3)4;2*1-8-7-5-3-2-4-6-7;/h5-8H,1,3H2,2,4H3;2*2-6,8H,1H3;1H4. The molecule has 0 spiro atoms. The van der Waals surface area contributed by atoms with Crippen LogP contribution in [-0.2, 0) is 0 Å². The summed E-state index contributed by atoms with van der Waals surface area (Å²) in [4.78, 5) is 0. The molecular formula is C27H36N2. The van der Waals surface area contributed by atoms with Gasteiger partial charge in [-0.15, -0.1) is 0 Å². The fourth-order valence-corrected chi connectivity index (χ4v) is 2.26. The van der Waals surface area contributed by atoms with E-state index >= 15 is 0 Å². The zero-order chi connectivity index (χ0) is 20.8. The van der Waals surface area contributed by atoms with Crippen LogP contribution in [0.3, 0.4) is 0 Å². The maximum absolute atomic E-state index is 3.90. The first-order valence-electron chi connectivity index (χ1n) is 9.35. The van der Waals surface area contributed by atoms with Crippen LogP contribution < -0.4 is 10.6 Å². The Balaban J connectivity index is 0.000000411. The van der Waals surface area contributed by atoms with Gasteiger partial charge in [-0.05, 0) is 55.3 Å². The minimum Gasteiger partial charge on any atom is -0.388 e. The summed E-state index contributed by atoms with van der Waals surface area (Å²) in [5.41, 5.74) is 6.89. The molecule has 0 saturated heterocycles. The molecule has 3 aromatic carbocycles. The second-order valence-electron chi connectivity index (χ2n) is 6.37. The number of anilines is 2. The minimum atomic E-state index is 0. The molecule has 2 N–H and O–H groups in total. The van der Waals surface area contributed by atoms with E-state index in [1.807, 2.05) is 94.7 Å². The highest BCUT2D eigenvalue weighted by molar-refractivity contribution is 5.68. The number of benzene rings is 3. The fourth-order valence-electron chi connectivity index (χ4n) is 2.26. The van der Waals surface area contributed by atoms with E-state index in [-0.39, 0.29) is 7.43 Å². The molecule has 0 heterocycles. The minimum absolute atomic E-state index is 0. The summed E-state index contributed by atoms with van der Waals surface area (Å²) < 4.78 is 0. The van der Waals surface area contributed by atoms with Gasteiger partial charge in [-0.2, -0.15) is 0 Å². The maximum Gasteiger partial charge on any atom is 0.0337 e. The van der Waals surface area contributed by atoms with E-state index in [4.69, 9.17) is 0 Å². The summed E-state index contributed by atoms with van der Waals surface area (Å²) in [6, 6.07) is 28.4. The average Bonchev–Trinajstić information content (AvgIpc) is 2.76. The number of rotatable bonds is 4. The molecule has 0 atom stereocenters. The number of allylic oxidation sites excluding steroid dienone is 2. The van der Waals surface area contributed by atoms with Gasteiger partial charge in [-0.3, -0.25) is 0 Å². The summed E-state index contributed by atoms with van der Waals surface area (Å²) in [5, 5.41) is 6.05. The molecule has 2 heteroatoms. The van der Waals surface area contributed by atoms with Gasteiger partial charge in [-0.25, -0.2) is 0 Å². The maximum atomic E-state index is 3.90. The van der Waals surface area contributed by atoms with E-state index in [1.54, 1.807) is 0 Å². The van der Waals surface area contributed by atoms with Crippen LogP contribution in [0, 0.1) is 0 Å². The van der Waals surface area contributed by atoms with Crippen molar-refractivity contribution >= 4 is 22.5 Å². The molecule has 154 valence electrons. The van der Waals surface area contributed by atoms with Crippen LogP contribution in [0.15, 0.2) is 98.1 Å². The van der Waals surface area contributed by atoms with Gasteiger partial charge in [0.1, 0.15) is 0 Å². The zero-order valence-corrected chi connectivity index (χ0v) is 17.5. The van der Waals surface area contributed by atoms with Crippen LogP contribution >= 0.6 is 0 Å². The van der Waals surface area contributed by atoms with Crippen molar-refractivity contribution in [1.29, 1.82) is 0 Å². The van der Waals surface area contributed by atoms with Crippen LogP contribution in [0.4, 0.5) is 11.4 Å². The van der Waals surface area contributed by atoms with Crippen LogP contribution in [-0.4, -0.2) is 14.1 Å². The van der Waals surface area contributed by atoms with Crippen molar-refractivity contribution in [3.8, 4) is 0 Å². The summed E-state index contributed by atoms with van der Waals surface area (Å²) in [7, 11) is 3.82. The molecule has 0 fully saturated rings. The Kier molecular flexibility index (Phi) is 13.1. The molecule has 0 aliphatic rings. The number of hydrogen-bond donors (Lipinski definition) is 2. The first kappa shape index (κ1) is 25.7. The highest BCUT2D eigenvalue weighted by Crippen LogP contribution is 2.17. The third-order valence-electron chi connectivity index (χ3n) is 3.97. The van der Waals surface area contributed by atoms with Crippen LogP contribution in [0.1, 0.15) is 32.4 Å². The summed E-state index contributed by atoms with van der Waals surface area (Å²) in [6.07, 6.45) is 0. The lowest BCUT2D eigenvalue weighted by molar-refractivity contribution is 1.51. The molecule has 0 aliphatic heterocycles. The average molecular weight is 389 g/mol. The Morgan fingerprint density at radius 3 is 1.17 bits per heavy atom. The SMILES string of the molecule is C.C=C(C)c1cccc(C(=C)C)c1.CNc1ccccc1.CNc1ccccc1. The Hall–Kier alpha value is -3.26. The van der Waals surface area contributed by atoms with Gasteiger partial charge >= 0.3 is 0 Å². The number of para-hydroxylation sites is 2. The Morgan fingerprint density at radius 2 is 0.931 bits per heavy atom. The zero-order valence-electron chi connectivity index (χ0n) is 17.5. The second-order valence-corrected chi connectivity index (χ2v) is 6.37. The van der Waals surface area contributed by atoms with E-state index in [9.17, 15) is 0 Å². The van der Waals surface area contributed by atoms with Crippen molar-refractivity contribution in [1.82, 2.24) is 0 Å². The normalized spacial score (nSPS) is 8.69. The van der Waals surface area contributed by atoms with Crippen molar-refractivity contribution < 1.29 is 0 Å². The van der Waals surface area contributed by atoms with E-state index in [2.05, 4.69) is 42.0 Å². The van der Waals surface area contributed by atoms with Gasteiger partial charge in [0.05, 0.1) is 0 Å². The van der Waals surface area contributed by atoms with Crippen molar-refractivity contribution in [2.24, 2.45) is 0 Å². The van der Waals surface area contributed by atoms with Gasteiger partial charge in [-0.1, -0.05) is 86.3 Å². The van der Waals surface area contributed by atoms with E-state index in [1.165, 1.54) is 11.1 Å². The van der Waals surface area contributed by atoms with Gasteiger partial charge in [0, 0.05) is 25.5 Å². The monoisotopic (exact) mass is 388 g/mol. The van der Waals surface area contributed by atoms with Gasteiger partial charge in [0.2, 0.25) is 0 Å². The van der Waals surface area contributed by atoms with Crippen molar-refractivity contribution in [2.45, 2.75) is 21.3 Å². The summed E-state index contributed by atoms with van der Waals surface area (Å²) in [6.45, 7) is 11.8. The van der Waals surface area contributed by atoms with Crippen LogP contribution in [0.25, 0.3) is 11.1 Å².